The molecule has 3 nitrogen and oxygen atoms in total. The predicted molar refractivity (Wildman–Crippen MR) is 104 cm³/mol. The van der Waals surface area contributed by atoms with Gasteiger partial charge in [0, 0.05) is 27.3 Å². The first-order chi connectivity index (χ1) is 11.3. The van der Waals surface area contributed by atoms with E-state index >= 15 is 0 Å². The van der Waals surface area contributed by atoms with Crippen LogP contribution >= 0.6 is 35.0 Å². The molecule has 0 atom stereocenters. The standard InChI is InChI=1S/C18H21Cl2NO2S/c1-18(2,24-13-5-6-15(20)16(21)11-13)14-10-12(19)4-7-17(14)23-9-8-22-3/h4-7,10-11H,8-9,21H2,1-3H3. The van der Waals surface area contributed by atoms with Gasteiger partial charge in [0.05, 0.1) is 17.3 Å². The first-order valence-electron chi connectivity index (χ1n) is 7.49. The number of nitrogen functional groups attached to an aromatic ring is 1. The minimum Gasteiger partial charge on any atom is -0.491 e. The van der Waals surface area contributed by atoms with Gasteiger partial charge in [0.1, 0.15) is 12.4 Å². The summed E-state index contributed by atoms with van der Waals surface area (Å²) >= 11 is 13.9. The Hall–Kier alpha value is -1.07. The Kier molecular flexibility index (Phi) is 6.70. The van der Waals surface area contributed by atoms with Crippen LogP contribution in [0.15, 0.2) is 41.3 Å². The molecule has 0 spiro atoms. The fraction of sp³-hybridized carbons (Fsp3) is 0.333. The molecule has 0 aliphatic heterocycles. The molecule has 0 aliphatic carbocycles. The second kappa shape index (κ2) is 8.34. The molecule has 6 heteroatoms. The van der Waals surface area contributed by atoms with Crippen molar-refractivity contribution in [2.24, 2.45) is 0 Å². The number of hydrogen-bond acceptors (Lipinski definition) is 4. The smallest absolute Gasteiger partial charge is 0.124 e. The van der Waals surface area contributed by atoms with Crippen LogP contribution in [0.4, 0.5) is 5.69 Å². The van der Waals surface area contributed by atoms with Gasteiger partial charge in [-0.05, 0) is 50.2 Å². The molecule has 2 aromatic rings. The van der Waals surface area contributed by atoms with E-state index in [9.17, 15) is 0 Å². The zero-order valence-corrected chi connectivity index (χ0v) is 16.3. The van der Waals surface area contributed by atoms with Crippen molar-refractivity contribution < 1.29 is 9.47 Å². The number of anilines is 1. The van der Waals surface area contributed by atoms with Crippen molar-refractivity contribution in [2.45, 2.75) is 23.5 Å². The Labute approximate surface area is 157 Å². The Morgan fingerprint density at radius 1 is 1.08 bits per heavy atom. The van der Waals surface area contributed by atoms with Gasteiger partial charge < -0.3 is 15.2 Å². The van der Waals surface area contributed by atoms with Crippen molar-refractivity contribution in [2.75, 3.05) is 26.1 Å². The molecule has 0 radical (unpaired) electrons. The normalized spacial score (nSPS) is 11.5. The van der Waals surface area contributed by atoms with E-state index in [4.69, 9.17) is 38.4 Å². The molecular formula is C18H21Cl2NO2S. The molecule has 0 saturated heterocycles. The third-order valence-corrected chi connectivity index (χ3v) is 5.27. The summed E-state index contributed by atoms with van der Waals surface area (Å²) in [5, 5.41) is 1.23. The lowest BCUT2D eigenvalue weighted by Crippen LogP contribution is -2.15. The fourth-order valence-corrected chi connectivity index (χ4v) is 3.74. The molecule has 0 aromatic heterocycles. The van der Waals surface area contributed by atoms with E-state index in [-0.39, 0.29) is 4.75 Å². The van der Waals surface area contributed by atoms with Gasteiger partial charge in [0.25, 0.3) is 0 Å². The molecule has 0 saturated carbocycles. The molecule has 0 heterocycles. The monoisotopic (exact) mass is 385 g/mol. The molecular weight excluding hydrogens is 365 g/mol. The van der Waals surface area contributed by atoms with Crippen LogP contribution in [0, 0.1) is 0 Å². The van der Waals surface area contributed by atoms with Gasteiger partial charge >= 0.3 is 0 Å². The van der Waals surface area contributed by atoms with Crippen molar-refractivity contribution in [3.05, 3.63) is 52.0 Å². The first-order valence-corrected chi connectivity index (χ1v) is 9.06. The molecule has 2 aromatic carbocycles. The van der Waals surface area contributed by atoms with Crippen LogP contribution in [0.2, 0.25) is 10.0 Å². The highest BCUT2D eigenvalue weighted by molar-refractivity contribution is 8.00. The maximum atomic E-state index is 6.21. The third-order valence-electron chi connectivity index (χ3n) is 3.48. The van der Waals surface area contributed by atoms with Gasteiger partial charge in [-0.2, -0.15) is 0 Å². The number of methoxy groups -OCH3 is 1. The number of rotatable bonds is 7. The Morgan fingerprint density at radius 3 is 2.50 bits per heavy atom. The molecule has 0 bridgehead atoms. The van der Waals surface area contributed by atoms with Gasteiger partial charge in [0.2, 0.25) is 0 Å². The van der Waals surface area contributed by atoms with Crippen molar-refractivity contribution in [3.63, 3.8) is 0 Å². The lowest BCUT2D eigenvalue weighted by Gasteiger charge is -2.27. The molecule has 0 unspecified atom stereocenters. The molecule has 130 valence electrons. The summed E-state index contributed by atoms with van der Waals surface area (Å²) in [5.41, 5.74) is 7.50. The summed E-state index contributed by atoms with van der Waals surface area (Å²) in [5.74, 6) is 0.802. The quantitative estimate of drug-likeness (QED) is 0.381. The highest BCUT2D eigenvalue weighted by Gasteiger charge is 2.26. The largest absolute Gasteiger partial charge is 0.491 e. The van der Waals surface area contributed by atoms with Gasteiger partial charge in [-0.25, -0.2) is 0 Å². The third kappa shape index (κ3) is 4.96. The zero-order chi connectivity index (χ0) is 17.7. The topological polar surface area (TPSA) is 44.5 Å². The summed E-state index contributed by atoms with van der Waals surface area (Å²) < 4.78 is 10.6. The molecule has 2 rings (SSSR count). The molecule has 0 amide bonds. The summed E-state index contributed by atoms with van der Waals surface area (Å²) in [7, 11) is 1.65. The summed E-state index contributed by atoms with van der Waals surface area (Å²) in [6.45, 7) is 5.26. The lowest BCUT2D eigenvalue weighted by atomic mass is 10.0. The van der Waals surface area contributed by atoms with E-state index < -0.39 is 0 Å². The van der Waals surface area contributed by atoms with Crippen LogP contribution in [0.5, 0.6) is 5.75 Å². The Bertz CT molecular complexity index is 707. The molecule has 2 N–H and O–H groups in total. The van der Waals surface area contributed by atoms with Crippen LogP contribution in [-0.2, 0) is 9.48 Å². The second-order valence-corrected chi connectivity index (χ2v) is 8.32. The van der Waals surface area contributed by atoms with Gasteiger partial charge in [-0.3, -0.25) is 0 Å². The summed E-state index contributed by atoms with van der Waals surface area (Å²) in [6, 6.07) is 11.3. The van der Waals surface area contributed by atoms with E-state index in [2.05, 4.69) is 13.8 Å². The Morgan fingerprint density at radius 2 is 1.83 bits per heavy atom. The van der Waals surface area contributed by atoms with Gasteiger partial charge in [-0.15, -0.1) is 11.8 Å². The SMILES string of the molecule is COCCOc1ccc(Cl)cc1C(C)(C)Sc1ccc(Cl)c(N)c1. The number of ether oxygens (including phenoxy) is 2. The highest BCUT2D eigenvalue weighted by atomic mass is 35.5. The van der Waals surface area contributed by atoms with Crippen molar-refractivity contribution >= 4 is 40.7 Å². The number of halogens is 2. The number of thioether (sulfide) groups is 1. The predicted octanol–water partition coefficient (Wildman–Crippen LogP) is 5.63. The second-order valence-electron chi connectivity index (χ2n) is 5.78. The minimum atomic E-state index is -0.270. The van der Waals surface area contributed by atoms with Crippen LogP contribution in [0.1, 0.15) is 19.4 Å². The average Bonchev–Trinajstić information content (AvgIpc) is 2.52. The maximum Gasteiger partial charge on any atom is 0.124 e. The van der Waals surface area contributed by atoms with Crippen molar-refractivity contribution in [1.29, 1.82) is 0 Å². The fourth-order valence-electron chi connectivity index (χ4n) is 2.27. The van der Waals surface area contributed by atoms with Gasteiger partial charge in [-0.1, -0.05) is 23.2 Å². The van der Waals surface area contributed by atoms with E-state index in [0.29, 0.717) is 28.9 Å². The summed E-state index contributed by atoms with van der Waals surface area (Å²) in [6.07, 6.45) is 0. The summed E-state index contributed by atoms with van der Waals surface area (Å²) in [4.78, 5) is 1.03. The van der Waals surface area contributed by atoms with E-state index in [0.717, 1.165) is 16.2 Å². The van der Waals surface area contributed by atoms with Crippen LogP contribution in [0.3, 0.4) is 0 Å². The maximum absolute atomic E-state index is 6.21. The van der Waals surface area contributed by atoms with Crippen LogP contribution in [-0.4, -0.2) is 20.3 Å². The average molecular weight is 386 g/mol. The molecule has 0 aliphatic rings. The number of benzene rings is 2. The molecule has 24 heavy (non-hydrogen) atoms. The van der Waals surface area contributed by atoms with Crippen molar-refractivity contribution in [1.82, 2.24) is 0 Å². The van der Waals surface area contributed by atoms with Crippen molar-refractivity contribution in [3.8, 4) is 5.75 Å². The Balaban J connectivity index is 2.29. The minimum absolute atomic E-state index is 0.270. The lowest BCUT2D eigenvalue weighted by molar-refractivity contribution is 0.145. The van der Waals surface area contributed by atoms with E-state index in [1.165, 1.54) is 0 Å². The zero-order valence-electron chi connectivity index (χ0n) is 13.9. The number of hydrogen-bond donors (Lipinski definition) is 1. The number of nitrogens with two attached hydrogens (primary N) is 1. The molecule has 0 fully saturated rings. The first kappa shape index (κ1) is 19.3. The van der Waals surface area contributed by atoms with Crippen LogP contribution in [0.25, 0.3) is 0 Å². The van der Waals surface area contributed by atoms with Crippen LogP contribution < -0.4 is 10.5 Å². The highest BCUT2D eigenvalue weighted by Crippen LogP contribution is 2.46. The van der Waals surface area contributed by atoms with E-state index in [1.54, 1.807) is 18.9 Å². The van der Waals surface area contributed by atoms with E-state index in [1.807, 2.05) is 36.4 Å². The van der Waals surface area contributed by atoms with Gasteiger partial charge in [0.15, 0.2) is 0 Å².